The standard InChI is InChI=1S/C40H44N2O6/c1-46-35-26-31(27-36(47-2)38(35)48-3)37(43)40(45)42-33-23-11-10-20-30(33)24-25-34(42)39(44)41-32(21-12-18-28-14-6-4-7-15-28)22-13-19-29-16-8-5-9-17-29/h4-11,14-17,20,23,26-27,32,34H,12-13,18-19,21-22,24-25H2,1-3H3,(H,41,44)/t34-/m0/s1. The third kappa shape index (κ3) is 8.23. The number of ketones is 1. The molecule has 2 amide bonds. The lowest BCUT2D eigenvalue weighted by Gasteiger charge is -2.36. The molecule has 1 heterocycles. The maximum atomic E-state index is 14.2. The number of anilines is 1. The second-order valence-corrected chi connectivity index (χ2v) is 12.1. The number of nitrogens with one attached hydrogen (secondary N) is 1. The summed E-state index contributed by atoms with van der Waals surface area (Å²) in [6.45, 7) is 0. The van der Waals surface area contributed by atoms with Crippen molar-refractivity contribution >= 4 is 23.3 Å². The molecule has 0 aliphatic carbocycles. The molecule has 1 N–H and O–H groups in total. The van der Waals surface area contributed by atoms with Crippen molar-refractivity contribution in [1.82, 2.24) is 5.32 Å². The van der Waals surface area contributed by atoms with Gasteiger partial charge in [-0.3, -0.25) is 19.3 Å². The molecule has 8 nitrogen and oxygen atoms in total. The number of carbonyl (C=O) groups is 3. The average molecular weight is 649 g/mol. The number of para-hydroxylation sites is 1. The summed E-state index contributed by atoms with van der Waals surface area (Å²) >= 11 is 0. The van der Waals surface area contributed by atoms with Crippen molar-refractivity contribution in [2.24, 2.45) is 0 Å². The molecule has 48 heavy (non-hydrogen) atoms. The molecule has 8 heteroatoms. The minimum Gasteiger partial charge on any atom is -0.493 e. The van der Waals surface area contributed by atoms with Gasteiger partial charge in [-0.05, 0) is 86.3 Å². The van der Waals surface area contributed by atoms with Crippen molar-refractivity contribution in [1.29, 1.82) is 0 Å². The third-order valence-corrected chi connectivity index (χ3v) is 8.96. The van der Waals surface area contributed by atoms with Crippen LogP contribution < -0.4 is 24.4 Å². The highest BCUT2D eigenvalue weighted by Crippen LogP contribution is 2.39. The first-order chi connectivity index (χ1) is 23.4. The van der Waals surface area contributed by atoms with Gasteiger partial charge in [0.15, 0.2) is 11.5 Å². The molecule has 4 aromatic rings. The molecule has 1 aliphatic heterocycles. The second-order valence-electron chi connectivity index (χ2n) is 12.1. The van der Waals surface area contributed by atoms with Crippen LogP contribution in [0.1, 0.15) is 59.2 Å². The maximum absolute atomic E-state index is 14.2. The van der Waals surface area contributed by atoms with Gasteiger partial charge in [-0.15, -0.1) is 0 Å². The summed E-state index contributed by atoms with van der Waals surface area (Å²) in [6.07, 6.45) is 6.27. The fraction of sp³-hybridized carbons (Fsp3) is 0.325. The zero-order chi connectivity index (χ0) is 33.9. The Morgan fingerprint density at radius 3 is 1.83 bits per heavy atom. The summed E-state index contributed by atoms with van der Waals surface area (Å²) in [5, 5.41) is 3.30. The molecule has 0 radical (unpaired) electrons. The number of ether oxygens (including phenoxy) is 3. The number of Topliss-reactive ketones (excluding diaryl/α,β-unsaturated/α-hetero) is 1. The Bertz CT molecular complexity index is 1620. The van der Waals surface area contributed by atoms with Gasteiger partial charge in [0, 0.05) is 17.3 Å². The summed E-state index contributed by atoms with van der Waals surface area (Å²) in [5.41, 5.74) is 4.08. The molecule has 0 saturated carbocycles. The molecule has 0 bridgehead atoms. The first-order valence-electron chi connectivity index (χ1n) is 16.6. The molecule has 0 unspecified atom stereocenters. The Hall–Kier alpha value is -5.11. The minimum atomic E-state index is -0.843. The van der Waals surface area contributed by atoms with Gasteiger partial charge >= 0.3 is 0 Å². The zero-order valence-electron chi connectivity index (χ0n) is 27.9. The van der Waals surface area contributed by atoms with E-state index in [1.54, 1.807) is 6.07 Å². The van der Waals surface area contributed by atoms with Crippen LogP contribution >= 0.6 is 0 Å². The summed E-state index contributed by atoms with van der Waals surface area (Å²) in [4.78, 5) is 43.6. The first kappa shape index (κ1) is 34.2. The van der Waals surface area contributed by atoms with E-state index in [4.69, 9.17) is 14.2 Å². The van der Waals surface area contributed by atoms with E-state index in [9.17, 15) is 14.4 Å². The molecule has 250 valence electrons. The van der Waals surface area contributed by atoms with Crippen molar-refractivity contribution < 1.29 is 28.6 Å². The molecule has 4 aromatic carbocycles. The Morgan fingerprint density at radius 1 is 0.750 bits per heavy atom. The molecule has 0 aromatic heterocycles. The number of carbonyl (C=O) groups excluding carboxylic acids is 3. The van der Waals surface area contributed by atoms with E-state index in [0.29, 0.717) is 24.3 Å². The number of methoxy groups -OCH3 is 3. The Morgan fingerprint density at radius 2 is 1.29 bits per heavy atom. The quantitative estimate of drug-likeness (QED) is 0.113. The topological polar surface area (TPSA) is 94.2 Å². The van der Waals surface area contributed by atoms with Crippen LogP contribution in [-0.2, 0) is 28.9 Å². The van der Waals surface area contributed by atoms with E-state index < -0.39 is 17.7 Å². The molecule has 0 saturated heterocycles. The first-order valence-corrected chi connectivity index (χ1v) is 16.6. The molecular weight excluding hydrogens is 604 g/mol. The van der Waals surface area contributed by atoms with Gasteiger partial charge in [-0.25, -0.2) is 0 Å². The van der Waals surface area contributed by atoms with Gasteiger partial charge in [0.2, 0.25) is 11.7 Å². The van der Waals surface area contributed by atoms with E-state index in [0.717, 1.165) is 44.1 Å². The van der Waals surface area contributed by atoms with E-state index in [-0.39, 0.29) is 29.0 Å². The smallest absolute Gasteiger partial charge is 0.300 e. The number of hydrogen-bond acceptors (Lipinski definition) is 6. The van der Waals surface area contributed by atoms with Crippen LogP contribution in [0.2, 0.25) is 0 Å². The highest BCUT2D eigenvalue weighted by Gasteiger charge is 2.39. The Kier molecular flexibility index (Phi) is 11.9. The van der Waals surface area contributed by atoms with Gasteiger partial charge in [0.1, 0.15) is 6.04 Å². The predicted molar refractivity (Wildman–Crippen MR) is 187 cm³/mol. The fourth-order valence-electron chi connectivity index (χ4n) is 6.47. The lowest BCUT2D eigenvalue weighted by molar-refractivity contribution is -0.126. The average Bonchev–Trinajstić information content (AvgIpc) is 3.13. The van der Waals surface area contributed by atoms with Gasteiger partial charge in [0.25, 0.3) is 11.7 Å². The van der Waals surface area contributed by atoms with Gasteiger partial charge in [0.05, 0.1) is 21.3 Å². The number of amides is 2. The van der Waals surface area contributed by atoms with Crippen LogP contribution in [0.25, 0.3) is 0 Å². The minimum absolute atomic E-state index is 0.0788. The molecule has 1 atom stereocenters. The van der Waals surface area contributed by atoms with Crippen molar-refractivity contribution in [2.45, 2.75) is 63.5 Å². The van der Waals surface area contributed by atoms with Crippen LogP contribution in [-0.4, -0.2) is 51.0 Å². The summed E-state index contributed by atoms with van der Waals surface area (Å²) in [7, 11) is 4.37. The van der Waals surface area contributed by atoms with E-state index in [2.05, 4.69) is 29.6 Å². The van der Waals surface area contributed by atoms with Crippen molar-refractivity contribution in [3.63, 3.8) is 0 Å². The van der Waals surface area contributed by atoms with Gasteiger partial charge in [-0.1, -0.05) is 78.9 Å². The number of benzene rings is 4. The van der Waals surface area contributed by atoms with Gasteiger partial charge < -0.3 is 19.5 Å². The molecule has 0 spiro atoms. The Labute approximate surface area is 283 Å². The second kappa shape index (κ2) is 16.6. The number of aryl methyl sites for hydroxylation is 3. The van der Waals surface area contributed by atoms with Crippen molar-refractivity contribution in [2.75, 3.05) is 26.2 Å². The highest BCUT2D eigenvalue weighted by molar-refractivity contribution is 6.48. The summed E-state index contributed by atoms with van der Waals surface area (Å²) in [5.74, 6) is -0.979. The Balaban J connectivity index is 1.37. The molecular formula is C40H44N2O6. The highest BCUT2D eigenvalue weighted by atomic mass is 16.5. The van der Waals surface area contributed by atoms with Gasteiger partial charge in [-0.2, -0.15) is 0 Å². The summed E-state index contributed by atoms with van der Waals surface area (Å²) < 4.78 is 16.3. The third-order valence-electron chi connectivity index (χ3n) is 8.96. The normalized spacial score (nSPS) is 13.8. The number of fused-ring (bicyclic) bond motifs is 1. The summed E-state index contributed by atoms with van der Waals surface area (Å²) in [6, 6.07) is 30.1. The lowest BCUT2D eigenvalue weighted by Crippen LogP contribution is -2.55. The number of nitrogens with zero attached hydrogens (tertiary/aromatic N) is 1. The molecule has 1 aliphatic rings. The monoisotopic (exact) mass is 648 g/mol. The lowest BCUT2D eigenvalue weighted by atomic mass is 9.93. The van der Waals surface area contributed by atoms with Crippen molar-refractivity contribution in [3.05, 3.63) is 119 Å². The van der Waals surface area contributed by atoms with E-state index in [1.807, 2.05) is 54.6 Å². The fourth-order valence-corrected chi connectivity index (χ4v) is 6.47. The van der Waals surface area contributed by atoms with Crippen LogP contribution in [0.4, 0.5) is 5.69 Å². The van der Waals surface area contributed by atoms with Crippen LogP contribution in [0, 0.1) is 0 Å². The largest absolute Gasteiger partial charge is 0.493 e. The van der Waals surface area contributed by atoms with Crippen LogP contribution in [0.15, 0.2) is 97.1 Å². The van der Waals surface area contributed by atoms with E-state index >= 15 is 0 Å². The number of hydrogen-bond donors (Lipinski definition) is 1. The predicted octanol–water partition coefficient (Wildman–Crippen LogP) is 6.77. The SMILES string of the molecule is COc1cc(C(=O)C(=O)N2c3ccccc3CC[C@H]2C(=O)NC(CCCc2ccccc2)CCCc2ccccc2)cc(OC)c1OC. The maximum Gasteiger partial charge on any atom is 0.300 e. The number of rotatable bonds is 15. The molecule has 0 fully saturated rings. The van der Waals surface area contributed by atoms with Crippen LogP contribution in [0.5, 0.6) is 17.2 Å². The van der Waals surface area contributed by atoms with E-state index in [1.165, 1.54) is 49.5 Å². The van der Waals surface area contributed by atoms with Crippen molar-refractivity contribution in [3.8, 4) is 17.2 Å². The molecule has 5 rings (SSSR count). The zero-order valence-corrected chi connectivity index (χ0v) is 27.9. The van der Waals surface area contributed by atoms with Crippen LogP contribution in [0.3, 0.4) is 0 Å².